The van der Waals surface area contributed by atoms with Crippen molar-refractivity contribution in [3.63, 3.8) is 0 Å². The van der Waals surface area contributed by atoms with Crippen LogP contribution in [0.15, 0.2) is 23.1 Å². The highest BCUT2D eigenvalue weighted by Gasteiger charge is 2.41. The molecule has 1 aromatic carbocycles. The van der Waals surface area contributed by atoms with Gasteiger partial charge in [0, 0.05) is 35.5 Å². The molecular formula is C15H21NO2S. The highest BCUT2D eigenvalue weighted by Crippen LogP contribution is 2.41. The number of benzene rings is 1. The molecule has 2 unspecified atom stereocenters. The van der Waals surface area contributed by atoms with Crippen molar-refractivity contribution >= 4 is 17.4 Å². The molecule has 2 atom stereocenters. The summed E-state index contributed by atoms with van der Waals surface area (Å²) in [6, 6.07) is 6.26. The van der Waals surface area contributed by atoms with Crippen LogP contribution in [0.4, 0.5) is 5.69 Å². The summed E-state index contributed by atoms with van der Waals surface area (Å²) in [6.07, 6.45) is 3.21. The first-order chi connectivity index (χ1) is 9.17. The number of hydrogen-bond donors (Lipinski definition) is 1. The Balaban J connectivity index is 1.70. The molecule has 104 valence electrons. The summed E-state index contributed by atoms with van der Waals surface area (Å²) in [5.41, 5.74) is 8.21. The zero-order chi connectivity index (χ0) is 13.3. The summed E-state index contributed by atoms with van der Waals surface area (Å²) < 4.78 is 11.5. The number of aryl methyl sites for hydroxylation is 1. The van der Waals surface area contributed by atoms with Crippen molar-refractivity contribution in [2.75, 3.05) is 25.6 Å². The predicted molar refractivity (Wildman–Crippen MR) is 78.6 cm³/mol. The van der Waals surface area contributed by atoms with Crippen LogP contribution < -0.4 is 5.73 Å². The minimum absolute atomic E-state index is 0.0193. The van der Waals surface area contributed by atoms with Gasteiger partial charge >= 0.3 is 0 Å². The Labute approximate surface area is 118 Å². The van der Waals surface area contributed by atoms with E-state index < -0.39 is 0 Å². The molecule has 2 heterocycles. The Bertz CT molecular complexity index is 457. The predicted octanol–water partition coefficient (Wildman–Crippen LogP) is 3.01. The molecule has 0 amide bonds. The molecule has 0 aromatic heterocycles. The second-order valence-electron chi connectivity index (χ2n) is 5.61. The van der Waals surface area contributed by atoms with Crippen molar-refractivity contribution in [3.8, 4) is 0 Å². The molecule has 1 aromatic rings. The minimum atomic E-state index is -0.0193. The molecule has 19 heavy (non-hydrogen) atoms. The summed E-state index contributed by atoms with van der Waals surface area (Å²) >= 11 is 1.91. The quantitative estimate of drug-likeness (QED) is 0.845. The molecule has 3 rings (SSSR count). The highest BCUT2D eigenvalue weighted by atomic mass is 32.2. The summed E-state index contributed by atoms with van der Waals surface area (Å²) in [5.74, 6) is 0. The SMILES string of the molecule is Cc1ccc(N)c(SC2CCOC3(CCOC3)C2)c1. The van der Waals surface area contributed by atoms with E-state index in [1.165, 1.54) is 10.5 Å². The summed E-state index contributed by atoms with van der Waals surface area (Å²) in [7, 11) is 0. The second kappa shape index (κ2) is 5.35. The number of hydrogen-bond acceptors (Lipinski definition) is 4. The molecule has 0 bridgehead atoms. The third-order valence-electron chi connectivity index (χ3n) is 3.98. The number of anilines is 1. The van der Waals surface area contributed by atoms with Crippen LogP contribution in [0.5, 0.6) is 0 Å². The maximum Gasteiger partial charge on any atom is 0.0947 e. The van der Waals surface area contributed by atoms with E-state index in [0.29, 0.717) is 5.25 Å². The molecule has 0 radical (unpaired) electrons. The van der Waals surface area contributed by atoms with Gasteiger partial charge in [0.2, 0.25) is 0 Å². The first-order valence-corrected chi connectivity index (χ1v) is 7.79. The number of nitrogens with two attached hydrogens (primary N) is 1. The van der Waals surface area contributed by atoms with Crippen LogP contribution in [-0.2, 0) is 9.47 Å². The molecule has 2 fully saturated rings. The van der Waals surface area contributed by atoms with Crippen LogP contribution in [0.3, 0.4) is 0 Å². The maximum absolute atomic E-state index is 6.07. The van der Waals surface area contributed by atoms with E-state index >= 15 is 0 Å². The van der Waals surface area contributed by atoms with Gasteiger partial charge in [-0.3, -0.25) is 0 Å². The zero-order valence-electron chi connectivity index (χ0n) is 11.4. The van der Waals surface area contributed by atoms with Crippen LogP contribution in [-0.4, -0.2) is 30.7 Å². The third-order valence-corrected chi connectivity index (χ3v) is 5.32. The van der Waals surface area contributed by atoms with E-state index in [4.69, 9.17) is 15.2 Å². The minimum Gasteiger partial charge on any atom is -0.398 e. The summed E-state index contributed by atoms with van der Waals surface area (Å²) in [5, 5.41) is 0.583. The van der Waals surface area contributed by atoms with Crippen molar-refractivity contribution in [1.29, 1.82) is 0 Å². The van der Waals surface area contributed by atoms with Crippen molar-refractivity contribution in [1.82, 2.24) is 0 Å². The lowest BCUT2D eigenvalue weighted by molar-refractivity contribution is -0.0769. The van der Waals surface area contributed by atoms with Gasteiger partial charge in [-0.1, -0.05) is 6.07 Å². The Morgan fingerprint density at radius 1 is 1.37 bits per heavy atom. The monoisotopic (exact) mass is 279 g/mol. The standard InChI is InChI=1S/C15H21NO2S/c1-11-2-3-13(16)14(8-11)19-12-4-6-18-15(9-12)5-7-17-10-15/h2-3,8,12H,4-7,9-10,16H2,1H3. The number of nitrogen functional groups attached to an aromatic ring is 1. The lowest BCUT2D eigenvalue weighted by Gasteiger charge is -2.36. The molecule has 2 aliphatic heterocycles. The van der Waals surface area contributed by atoms with Crippen molar-refractivity contribution in [3.05, 3.63) is 23.8 Å². The average molecular weight is 279 g/mol. The molecule has 4 heteroatoms. The normalized spacial score (nSPS) is 30.9. The molecule has 2 aliphatic rings. The van der Waals surface area contributed by atoms with Gasteiger partial charge in [-0.2, -0.15) is 0 Å². The molecule has 3 nitrogen and oxygen atoms in total. The smallest absolute Gasteiger partial charge is 0.0947 e. The first-order valence-electron chi connectivity index (χ1n) is 6.91. The van der Waals surface area contributed by atoms with E-state index in [1.54, 1.807) is 0 Å². The Morgan fingerprint density at radius 3 is 3.05 bits per heavy atom. The molecule has 0 saturated carbocycles. The van der Waals surface area contributed by atoms with E-state index in [1.807, 2.05) is 17.8 Å². The summed E-state index contributed by atoms with van der Waals surface area (Å²) in [4.78, 5) is 1.21. The van der Waals surface area contributed by atoms with Gasteiger partial charge in [0.05, 0.1) is 12.2 Å². The Kier molecular flexibility index (Phi) is 3.74. The van der Waals surface area contributed by atoms with Crippen molar-refractivity contribution < 1.29 is 9.47 Å². The second-order valence-corrected chi connectivity index (χ2v) is 6.95. The van der Waals surface area contributed by atoms with Gasteiger partial charge in [0.25, 0.3) is 0 Å². The van der Waals surface area contributed by atoms with Gasteiger partial charge in [-0.25, -0.2) is 0 Å². The van der Waals surface area contributed by atoms with Crippen LogP contribution >= 0.6 is 11.8 Å². The van der Waals surface area contributed by atoms with Crippen molar-refractivity contribution in [2.45, 2.75) is 41.9 Å². The molecule has 1 spiro atoms. The van der Waals surface area contributed by atoms with Gasteiger partial charge in [0.1, 0.15) is 0 Å². The van der Waals surface area contributed by atoms with Gasteiger partial charge in [-0.15, -0.1) is 11.8 Å². The maximum atomic E-state index is 6.07. The number of rotatable bonds is 2. The molecule has 2 N–H and O–H groups in total. The molecule has 0 aliphatic carbocycles. The lowest BCUT2D eigenvalue weighted by Crippen LogP contribution is -2.41. The summed E-state index contributed by atoms with van der Waals surface area (Å²) in [6.45, 7) is 4.55. The number of ether oxygens (including phenoxy) is 2. The fraction of sp³-hybridized carbons (Fsp3) is 0.600. The van der Waals surface area contributed by atoms with Gasteiger partial charge in [-0.05, 0) is 37.5 Å². The molecular weight excluding hydrogens is 258 g/mol. The van der Waals surface area contributed by atoms with Crippen LogP contribution in [0.25, 0.3) is 0 Å². The molecule has 2 saturated heterocycles. The topological polar surface area (TPSA) is 44.5 Å². The Hall–Kier alpha value is -0.710. The van der Waals surface area contributed by atoms with E-state index in [-0.39, 0.29) is 5.60 Å². The number of thioether (sulfide) groups is 1. The van der Waals surface area contributed by atoms with Crippen LogP contribution in [0.2, 0.25) is 0 Å². The van der Waals surface area contributed by atoms with E-state index in [9.17, 15) is 0 Å². The van der Waals surface area contributed by atoms with Gasteiger partial charge in [0.15, 0.2) is 0 Å². The fourth-order valence-electron chi connectivity index (χ4n) is 2.87. The van der Waals surface area contributed by atoms with Gasteiger partial charge < -0.3 is 15.2 Å². The third kappa shape index (κ3) is 2.91. The first kappa shape index (κ1) is 13.3. The Morgan fingerprint density at radius 2 is 2.26 bits per heavy atom. The highest BCUT2D eigenvalue weighted by molar-refractivity contribution is 8.00. The van der Waals surface area contributed by atoms with Crippen LogP contribution in [0, 0.1) is 6.92 Å². The largest absolute Gasteiger partial charge is 0.398 e. The van der Waals surface area contributed by atoms with E-state index in [0.717, 1.165) is 44.8 Å². The van der Waals surface area contributed by atoms with Crippen LogP contribution in [0.1, 0.15) is 24.8 Å². The van der Waals surface area contributed by atoms with Crippen molar-refractivity contribution in [2.24, 2.45) is 0 Å². The fourth-order valence-corrected chi connectivity index (χ4v) is 4.29. The lowest BCUT2D eigenvalue weighted by atomic mass is 9.93. The average Bonchev–Trinajstić information content (AvgIpc) is 2.82. The zero-order valence-corrected chi connectivity index (χ0v) is 12.2. The van der Waals surface area contributed by atoms with E-state index in [2.05, 4.69) is 19.1 Å².